The summed E-state index contributed by atoms with van der Waals surface area (Å²) in [7, 11) is 0. The van der Waals surface area contributed by atoms with Gasteiger partial charge in [-0.15, -0.1) is 0 Å². The average molecular weight is 516 g/mol. The normalized spacial score (nSPS) is 19.8. The molecule has 1 saturated carbocycles. The first-order valence-electron chi connectivity index (χ1n) is 13.7. The second-order valence-corrected chi connectivity index (χ2v) is 10.5. The van der Waals surface area contributed by atoms with Crippen LogP contribution in [0.15, 0.2) is 30.3 Å². The molecule has 2 aliphatic heterocycles. The smallest absolute Gasteiger partial charge is 0.354 e. The van der Waals surface area contributed by atoms with Crippen LogP contribution in [0, 0.1) is 0 Å². The summed E-state index contributed by atoms with van der Waals surface area (Å²) in [5, 5.41) is 0. The van der Waals surface area contributed by atoms with Crippen molar-refractivity contribution in [3.8, 4) is 0 Å². The maximum Gasteiger partial charge on any atom is 0.433 e. The van der Waals surface area contributed by atoms with Crippen molar-refractivity contribution in [1.29, 1.82) is 0 Å². The Morgan fingerprint density at radius 3 is 2.38 bits per heavy atom. The molecule has 9 heteroatoms. The van der Waals surface area contributed by atoms with Gasteiger partial charge < -0.3 is 9.80 Å². The Morgan fingerprint density at radius 1 is 0.892 bits per heavy atom. The number of aromatic nitrogens is 2. The van der Waals surface area contributed by atoms with E-state index in [-0.39, 0.29) is 11.8 Å². The monoisotopic (exact) mass is 515 g/mol. The quantitative estimate of drug-likeness (QED) is 0.461. The Balaban J connectivity index is 1.14. The molecule has 0 unspecified atom stereocenters. The summed E-state index contributed by atoms with van der Waals surface area (Å²) < 4.78 is 40.8. The van der Waals surface area contributed by atoms with Gasteiger partial charge in [0.2, 0.25) is 5.91 Å². The number of fused-ring (bicyclic) bond motifs is 1. The molecule has 1 saturated heterocycles. The molecule has 1 aromatic carbocycles. The summed E-state index contributed by atoms with van der Waals surface area (Å²) in [6.45, 7) is 4.52. The van der Waals surface area contributed by atoms with Crippen LogP contribution in [0.4, 0.5) is 24.7 Å². The third kappa shape index (κ3) is 6.25. The van der Waals surface area contributed by atoms with Crippen LogP contribution in [0.3, 0.4) is 0 Å². The number of piperazine rings is 1. The average Bonchev–Trinajstić information content (AvgIpc) is 2.92. The minimum Gasteiger partial charge on any atom is -0.354 e. The summed E-state index contributed by atoms with van der Waals surface area (Å²) in [6.07, 6.45) is 3.72. The molecule has 37 heavy (non-hydrogen) atoms. The van der Waals surface area contributed by atoms with Gasteiger partial charge in [-0.3, -0.25) is 9.69 Å². The molecule has 1 aliphatic carbocycles. The molecule has 3 aliphatic rings. The summed E-state index contributed by atoms with van der Waals surface area (Å²) in [6, 6.07) is 9.26. The van der Waals surface area contributed by atoms with E-state index in [2.05, 4.69) is 20.9 Å². The number of alkyl halides is 3. The lowest BCUT2D eigenvalue weighted by atomic mass is 9.88. The standard InChI is InChI=1S/C28H36F3N5O/c29-28(30,31)24-20-25(33-27(32-24)22-9-2-1-3-10-22)35-18-16-34(17-19-35)14-6-7-15-36-23-11-5-4-8-21(23)12-13-26(36)37/h4-5,8,11,20,22H,1-3,6-7,9-10,12-19H2. The number of benzene rings is 1. The number of para-hydroxylation sites is 1. The van der Waals surface area contributed by atoms with Crippen molar-refractivity contribution >= 4 is 17.4 Å². The molecule has 0 spiro atoms. The van der Waals surface area contributed by atoms with Gasteiger partial charge in [0.1, 0.15) is 17.3 Å². The zero-order chi connectivity index (χ0) is 25.8. The Labute approximate surface area is 216 Å². The molecule has 5 rings (SSSR count). The predicted molar refractivity (Wildman–Crippen MR) is 138 cm³/mol. The van der Waals surface area contributed by atoms with Crippen LogP contribution in [-0.4, -0.2) is 60.0 Å². The number of amides is 1. The Morgan fingerprint density at radius 2 is 1.62 bits per heavy atom. The van der Waals surface area contributed by atoms with Crippen LogP contribution < -0.4 is 9.80 Å². The number of aryl methyl sites for hydroxylation is 1. The second-order valence-electron chi connectivity index (χ2n) is 10.5. The summed E-state index contributed by atoms with van der Waals surface area (Å²) in [5.74, 6) is 0.989. The topological polar surface area (TPSA) is 52.6 Å². The van der Waals surface area contributed by atoms with Crippen molar-refractivity contribution in [3.63, 3.8) is 0 Å². The fourth-order valence-electron chi connectivity index (χ4n) is 5.85. The van der Waals surface area contributed by atoms with Crippen molar-refractivity contribution in [2.75, 3.05) is 49.1 Å². The van der Waals surface area contributed by atoms with Crippen molar-refractivity contribution in [3.05, 3.63) is 47.4 Å². The maximum absolute atomic E-state index is 13.6. The first kappa shape index (κ1) is 25.9. The molecular weight excluding hydrogens is 479 g/mol. The van der Waals surface area contributed by atoms with Gasteiger partial charge in [0.05, 0.1) is 0 Å². The van der Waals surface area contributed by atoms with E-state index < -0.39 is 11.9 Å². The molecular formula is C28H36F3N5O. The Bertz CT molecular complexity index is 1080. The largest absolute Gasteiger partial charge is 0.433 e. The van der Waals surface area contributed by atoms with E-state index in [1.165, 1.54) is 5.56 Å². The first-order valence-corrected chi connectivity index (χ1v) is 13.7. The number of hydrogen-bond donors (Lipinski definition) is 0. The maximum atomic E-state index is 13.6. The number of nitrogens with zero attached hydrogens (tertiary/aromatic N) is 5. The van der Waals surface area contributed by atoms with Crippen LogP contribution >= 0.6 is 0 Å². The zero-order valence-corrected chi connectivity index (χ0v) is 21.3. The van der Waals surface area contributed by atoms with E-state index in [4.69, 9.17) is 0 Å². The fourth-order valence-corrected chi connectivity index (χ4v) is 5.85. The Hall–Kier alpha value is -2.68. The van der Waals surface area contributed by atoms with Gasteiger partial charge in [-0.05, 0) is 50.3 Å². The number of hydrogen-bond acceptors (Lipinski definition) is 5. The third-order valence-corrected chi connectivity index (χ3v) is 7.98. The minimum atomic E-state index is -4.47. The number of carbonyl (C=O) groups is 1. The van der Waals surface area contributed by atoms with E-state index in [9.17, 15) is 18.0 Å². The van der Waals surface area contributed by atoms with E-state index in [0.717, 1.165) is 89.3 Å². The molecule has 0 atom stereocenters. The van der Waals surface area contributed by atoms with Gasteiger partial charge in [-0.1, -0.05) is 37.5 Å². The SMILES string of the molecule is O=C1CCc2ccccc2N1CCCCN1CCN(c2cc(C(F)(F)F)nc(C3CCCCC3)n2)CC1. The van der Waals surface area contributed by atoms with Crippen molar-refractivity contribution in [2.45, 2.75) is 69.9 Å². The summed E-state index contributed by atoms with van der Waals surface area (Å²) >= 11 is 0. The summed E-state index contributed by atoms with van der Waals surface area (Å²) in [4.78, 5) is 27.3. The number of anilines is 2. The van der Waals surface area contributed by atoms with Crippen LogP contribution in [0.2, 0.25) is 0 Å². The highest BCUT2D eigenvalue weighted by atomic mass is 19.4. The second kappa shape index (κ2) is 11.4. The van der Waals surface area contributed by atoms with Gasteiger partial charge in [0.15, 0.2) is 0 Å². The van der Waals surface area contributed by atoms with Gasteiger partial charge in [0, 0.05) is 56.8 Å². The van der Waals surface area contributed by atoms with Crippen LogP contribution in [0.5, 0.6) is 0 Å². The highest BCUT2D eigenvalue weighted by Gasteiger charge is 2.35. The van der Waals surface area contributed by atoms with Crippen LogP contribution in [0.1, 0.15) is 74.4 Å². The molecule has 0 radical (unpaired) electrons. The first-order chi connectivity index (χ1) is 17.9. The van der Waals surface area contributed by atoms with Crippen molar-refractivity contribution in [1.82, 2.24) is 14.9 Å². The van der Waals surface area contributed by atoms with E-state index in [1.54, 1.807) is 0 Å². The molecule has 6 nitrogen and oxygen atoms in total. The van der Waals surface area contributed by atoms with Gasteiger partial charge in [0.25, 0.3) is 0 Å². The molecule has 0 N–H and O–H groups in total. The van der Waals surface area contributed by atoms with E-state index in [1.807, 2.05) is 28.0 Å². The zero-order valence-electron chi connectivity index (χ0n) is 21.3. The van der Waals surface area contributed by atoms with Crippen molar-refractivity contribution < 1.29 is 18.0 Å². The van der Waals surface area contributed by atoms with Gasteiger partial charge >= 0.3 is 6.18 Å². The van der Waals surface area contributed by atoms with E-state index >= 15 is 0 Å². The molecule has 3 heterocycles. The number of carbonyl (C=O) groups excluding carboxylic acids is 1. The fraction of sp³-hybridized carbons (Fsp3) is 0.607. The molecule has 1 amide bonds. The number of rotatable bonds is 7. The Kier molecular flexibility index (Phi) is 7.98. The van der Waals surface area contributed by atoms with E-state index in [0.29, 0.717) is 31.2 Å². The lowest BCUT2D eigenvalue weighted by Crippen LogP contribution is -2.47. The third-order valence-electron chi connectivity index (χ3n) is 7.98. The highest BCUT2D eigenvalue weighted by Crippen LogP contribution is 2.35. The number of halogens is 3. The molecule has 2 fully saturated rings. The molecule has 200 valence electrons. The summed E-state index contributed by atoms with van der Waals surface area (Å²) in [5.41, 5.74) is 1.46. The van der Waals surface area contributed by atoms with Crippen molar-refractivity contribution in [2.24, 2.45) is 0 Å². The lowest BCUT2D eigenvalue weighted by molar-refractivity contribution is -0.141. The molecule has 2 aromatic rings. The minimum absolute atomic E-state index is 0.0230. The molecule has 1 aromatic heterocycles. The van der Waals surface area contributed by atoms with Gasteiger partial charge in [-0.25, -0.2) is 9.97 Å². The molecule has 0 bridgehead atoms. The van der Waals surface area contributed by atoms with Crippen LogP contribution in [-0.2, 0) is 17.4 Å². The number of unbranched alkanes of at least 4 members (excludes halogenated alkanes) is 1. The lowest BCUT2D eigenvalue weighted by Gasteiger charge is -2.36. The highest BCUT2D eigenvalue weighted by molar-refractivity contribution is 5.96. The van der Waals surface area contributed by atoms with Crippen LogP contribution in [0.25, 0.3) is 0 Å². The predicted octanol–water partition coefficient (Wildman–Crippen LogP) is 5.42. The van der Waals surface area contributed by atoms with Gasteiger partial charge in [-0.2, -0.15) is 13.2 Å².